The van der Waals surface area contributed by atoms with E-state index in [0.29, 0.717) is 18.0 Å². The third-order valence-corrected chi connectivity index (χ3v) is 2.52. The summed E-state index contributed by atoms with van der Waals surface area (Å²) in [6.07, 6.45) is 0. The molecule has 106 valence electrons. The van der Waals surface area contributed by atoms with Crippen LogP contribution in [0.15, 0.2) is 30.3 Å². The largest absolute Gasteiger partial charge is 0.497 e. The molecule has 0 bridgehead atoms. The Morgan fingerprint density at radius 3 is 2.35 bits per heavy atom. The summed E-state index contributed by atoms with van der Waals surface area (Å²) < 4.78 is 37.3. The molecule has 0 unspecified atom stereocenters. The number of pyridine rings is 1. The molecule has 0 aliphatic carbocycles. The minimum Gasteiger partial charge on any atom is -0.497 e. The van der Waals surface area contributed by atoms with Crippen LogP contribution >= 0.6 is 0 Å². The van der Waals surface area contributed by atoms with Crippen LogP contribution in [-0.4, -0.2) is 18.6 Å². The van der Waals surface area contributed by atoms with E-state index in [9.17, 15) is 8.78 Å². The minimum atomic E-state index is -0.861. The van der Waals surface area contributed by atoms with Crippen LogP contribution in [-0.2, 0) is 0 Å². The number of aromatic nitrogens is 1. The second-order valence-corrected chi connectivity index (χ2v) is 3.91. The SMILES string of the molecule is CCNc1nc(Oc2ccc(OC)cc2)c(F)cc1F. The molecule has 1 aromatic carbocycles. The Balaban J connectivity index is 2.25. The van der Waals surface area contributed by atoms with Crippen LogP contribution in [0.5, 0.6) is 17.4 Å². The first-order valence-electron chi connectivity index (χ1n) is 6.06. The van der Waals surface area contributed by atoms with Crippen molar-refractivity contribution in [3.63, 3.8) is 0 Å². The van der Waals surface area contributed by atoms with E-state index in [2.05, 4.69) is 10.3 Å². The van der Waals surface area contributed by atoms with Gasteiger partial charge in [0.2, 0.25) is 0 Å². The summed E-state index contributed by atoms with van der Waals surface area (Å²) in [5.74, 6) is -0.916. The van der Waals surface area contributed by atoms with Crippen LogP contribution < -0.4 is 14.8 Å². The maximum Gasteiger partial charge on any atom is 0.258 e. The molecule has 0 saturated carbocycles. The summed E-state index contributed by atoms with van der Waals surface area (Å²) in [7, 11) is 1.54. The van der Waals surface area contributed by atoms with E-state index in [-0.39, 0.29) is 11.7 Å². The number of benzene rings is 1. The van der Waals surface area contributed by atoms with Crippen LogP contribution in [0.25, 0.3) is 0 Å². The maximum atomic E-state index is 13.6. The van der Waals surface area contributed by atoms with Gasteiger partial charge in [-0.1, -0.05) is 0 Å². The van der Waals surface area contributed by atoms with Crippen molar-refractivity contribution in [3.05, 3.63) is 42.0 Å². The highest BCUT2D eigenvalue weighted by molar-refractivity contribution is 5.41. The first kappa shape index (κ1) is 14.0. The Labute approximate surface area is 115 Å². The number of anilines is 1. The van der Waals surface area contributed by atoms with E-state index in [4.69, 9.17) is 9.47 Å². The molecular formula is C14H14F2N2O2. The zero-order chi connectivity index (χ0) is 14.5. The van der Waals surface area contributed by atoms with Gasteiger partial charge in [0, 0.05) is 12.6 Å². The van der Waals surface area contributed by atoms with Crippen LogP contribution in [0.4, 0.5) is 14.6 Å². The van der Waals surface area contributed by atoms with Crippen molar-refractivity contribution in [2.75, 3.05) is 19.0 Å². The molecule has 0 aliphatic heterocycles. The van der Waals surface area contributed by atoms with Crippen molar-refractivity contribution in [1.82, 2.24) is 4.98 Å². The smallest absolute Gasteiger partial charge is 0.258 e. The highest BCUT2D eigenvalue weighted by Crippen LogP contribution is 2.27. The molecule has 0 fully saturated rings. The van der Waals surface area contributed by atoms with Crippen molar-refractivity contribution < 1.29 is 18.3 Å². The van der Waals surface area contributed by atoms with Crippen molar-refractivity contribution in [1.29, 1.82) is 0 Å². The topological polar surface area (TPSA) is 43.4 Å². The lowest BCUT2D eigenvalue weighted by Gasteiger charge is -2.09. The molecule has 1 aromatic heterocycles. The maximum absolute atomic E-state index is 13.6. The summed E-state index contributed by atoms with van der Waals surface area (Å²) in [4.78, 5) is 3.78. The van der Waals surface area contributed by atoms with Crippen LogP contribution in [0.3, 0.4) is 0 Å². The summed E-state index contributed by atoms with van der Waals surface area (Å²) in [6.45, 7) is 2.26. The highest BCUT2D eigenvalue weighted by atomic mass is 19.1. The zero-order valence-electron chi connectivity index (χ0n) is 11.1. The van der Waals surface area contributed by atoms with Crippen molar-refractivity contribution in [2.45, 2.75) is 6.92 Å². The van der Waals surface area contributed by atoms with Gasteiger partial charge in [-0.2, -0.15) is 4.98 Å². The second kappa shape index (κ2) is 6.18. The van der Waals surface area contributed by atoms with Gasteiger partial charge in [0.25, 0.3) is 5.88 Å². The molecule has 0 spiro atoms. The minimum absolute atomic E-state index is 0.0441. The number of nitrogens with one attached hydrogen (secondary N) is 1. The highest BCUT2D eigenvalue weighted by Gasteiger charge is 2.13. The molecule has 0 aliphatic rings. The third-order valence-electron chi connectivity index (χ3n) is 2.52. The fourth-order valence-electron chi connectivity index (χ4n) is 1.57. The number of halogens is 2. The lowest BCUT2D eigenvalue weighted by molar-refractivity contribution is 0.406. The monoisotopic (exact) mass is 280 g/mol. The molecule has 0 saturated heterocycles. The van der Waals surface area contributed by atoms with Crippen molar-refractivity contribution in [3.8, 4) is 17.4 Å². The molecule has 1 N–H and O–H groups in total. The Kier molecular flexibility index (Phi) is 4.34. The average molecular weight is 280 g/mol. The number of methoxy groups -OCH3 is 1. The number of hydrogen-bond donors (Lipinski definition) is 1. The summed E-state index contributed by atoms with van der Waals surface area (Å²) in [6, 6.07) is 7.29. The van der Waals surface area contributed by atoms with Gasteiger partial charge < -0.3 is 14.8 Å². The van der Waals surface area contributed by atoms with Gasteiger partial charge >= 0.3 is 0 Å². The van der Waals surface area contributed by atoms with Crippen molar-refractivity contribution >= 4 is 5.82 Å². The number of ether oxygens (including phenoxy) is 2. The number of nitrogens with zero attached hydrogens (tertiary/aromatic N) is 1. The summed E-state index contributed by atoms with van der Waals surface area (Å²) in [5, 5.41) is 2.69. The number of rotatable bonds is 5. The Bertz CT molecular complexity index is 588. The molecule has 2 rings (SSSR count). The van der Waals surface area contributed by atoms with Gasteiger partial charge in [-0.3, -0.25) is 0 Å². The third kappa shape index (κ3) is 3.14. The average Bonchev–Trinajstić information content (AvgIpc) is 2.45. The van der Waals surface area contributed by atoms with Gasteiger partial charge in [0.05, 0.1) is 7.11 Å². The molecule has 20 heavy (non-hydrogen) atoms. The van der Waals surface area contributed by atoms with E-state index in [1.807, 2.05) is 0 Å². The first-order valence-corrected chi connectivity index (χ1v) is 6.06. The van der Waals surface area contributed by atoms with Crippen molar-refractivity contribution in [2.24, 2.45) is 0 Å². The molecule has 0 radical (unpaired) electrons. The summed E-state index contributed by atoms with van der Waals surface area (Å²) in [5.41, 5.74) is 0. The molecule has 0 amide bonds. The zero-order valence-corrected chi connectivity index (χ0v) is 11.1. The van der Waals surface area contributed by atoms with E-state index in [1.54, 1.807) is 38.3 Å². The summed E-state index contributed by atoms with van der Waals surface area (Å²) >= 11 is 0. The van der Waals surface area contributed by atoms with Gasteiger partial charge in [-0.25, -0.2) is 8.78 Å². The molecule has 1 heterocycles. The van der Waals surface area contributed by atoms with Crippen LogP contribution in [0.1, 0.15) is 6.92 Å². The standard InChI is InChI=1S/C14H14F2N2O2/c1-3-17-13-11(15)8-12(16)14(18-13)20-10-6-4-9(19-2)5-7-10/h4-8H,3H2,1-2H3,(H,17,18). The molecule has 4 nitrogen and oxygen atoms in total. The number of hydrogen-bond acceptors (Lipinski definition) is 4. The van der Waals surface area contributed by atoms with Gasteiger partial charge in [0.15, 0.2) is 17.5 Å². The molecule has 0 atom stereocenters. The van der Waals surface area contributed by atoms with Gasteiger partial charge in [-0.05, 0) is 31.2 Å². The molecule has 2 aromatic rings. The van der Waals surface area contributed by atoms with Crippen LogP contribution in [0, 0.1) is 11.6 Å². The Hall–Kier alpha value is -2.37. The molecule has 6 heteroatoms. The lowest BCUT2D eigenvalue weighted by atomic mass is 10.3. The predicted octanol–water partition coefficient (Wildman–Crippen LogP) is 3.59. The molecular weight excluding hydrogens is 266 g/mol. The fraction of sp³-hybridized carbons (Fsp3) is 0.214. The van der Waals surface area contributed by atoms with E-state index in [0.717, 1.165) is 6.07 Å². The first-order chi connectivity index (χ1) is 9.63. The van der Waals surface area contributed by atoms with E-state index >= 15 is 0 Å². The van der Waals surface area contributed by atoms with Gasteiger partial charge in [0.1, 0.15) is 11.5 Å². The van der Waals surface area contributed by atoms with E-state index in [1.165, 1.54) is 0 Å². The normalized spacial score (nSPS) is 10.2. The van der Waals surface area contributed by atoms with Gasteiger partial charge in [-0.15, -0.1) is 0 Å². The fourth-order valence-corrected chi connectivity index (χ4v) is 1.57. The predicted molar refractivity (Wildman–Crippen MR) is 71.4 cm³/mol. The lowest BCUT2D eigenvalue weighted by Crippen LogP contribution is -2.04. The quantitative estimate of drug-likeness (QED) is 0.909. The van der Waals surface area contributed by atoms with Crippen LogP contribution in [0.2, 0.25) is 0 Å². The van der Waals surface area contributed by atoms with E-state index < -0.39 is 11.6 Å². The second-order valence-electron chi connectivity index (χ2n) is 3.91. The Morgan fingerprint density at radius 2 is 1.75 bits per heavy atom. The Morgan fingerprint density at radius 1 is 1.10 bits per heavy atom.